The van der Waals surface area contributed by atoms with Gasteiger partial charge in [0.15, 0.2) is 6.61 Å². The molecule has 1 aliphatic carbocycles. The molecule has 3 rings (SSSR count). The van der Waals surface area contributed by atoms with Crippen molar-refractivity contribution < 1.29 is 28.7 Å². The van der Waals surface area contributed by atoms with Gasteiger partial charge in [-0.25, -0.2) is 9.59 Å². The van der Waals surface area contributed by atoms with E-state index in [1.54, 1.807) is 12.1 Å². The monoisotopic (exact) mass is 486 g/mol. The molecule has 0 bridgehead atoms. The van der Waals surface area contributed by atoms with Gasteiger partial charge in [-0.3, -0.25) is 24.6 Å². The van der Waals surface area contributed by atoms with Crippen LogP contribution in [0.5, 0.6) is 0 Å². The van der Waals surface area contributed by atoms with Crippen LogP contribution in [-0.2, 0) is 19.1 Å². The van der Waals surface area contributed by atoms with Crippen molar-refractivity contribution in [2.75, 3.05) is 18.5 Å². The van der Waals surface area contributed by atoms with Gasteiger partial charge in [0.2, 0.25) is 0 Å². The first-order valence-electron chi connectivity index (χ1n) is 11.8. The van der Waals surface area contributed by atoms with Crippen LogP contribution in [0.1, 0.15) is 57.6 Å². The number of anilines is 1. The van der Waals surface area contributed by atoms with E-state index in [-0.39, 0.29) is 5.41 Å². The first-order chi connectivity index (χ1) is 16.3. The maximum atomic E-state index is 13.0. The molecule has 35 heavy (non-hydrogen) atoms. The van der Waals surface area contributed by atoms with E-state index < -0.39 is 48.5 Å². The molecule has 1 saturated heterocycles. The highest BCUT2D eigenvalue weighted by Gasteiger charge is 2.53. The molecule has 1 aromatic rings. The fourth-order valence-corrected chi connectivity index (χ4v) is 4.60. The third kappa shape index (κ3) is 6.17. The smallest absolute Gasteiger partial charge is 0.326 e. The lowest BCUT2D eigenvalue weighted by Crippen LogP contribution is -2.50. The number of rotatable bonds is 5. The largest absolute Gasteiger partial charge is 0.454 e. The lowest BCUT2D eigenvalue weighted by molar-refractivity contribution is -0.151. The molecule has 1 heterocycles. The summed E-state index contributed by atoms with van der Waals surface area (Å²) in [7, 11) is 0. The molecule has 2 fully saturated rings. The van der Waals surface area contributed by atoms with Gasteiger partial charge in [-0.05, 0) is 74.1 Å². The number of hydrogen-bond donors (Lipinski definition) is 3. The molecule has 190 valence electrons. The van der Waals surface area contributed by atoms with Crippen LogP contribution in [0.2, 0.25) is 0 Å². The van der Waals surface area contributed by atoms with Crippen LogP contribution in [0.4, 0.5) is 15.3 Å². The van der Waals surface area contributed by atoms with Gasteiger partial charge in [-0.2, -0.15) is 0 Å². The minimum Gasteiger partial charge on any atom is -0.454 e. The van der Waals surface area contributed by atoms with Crippen LogP contribution in [0, 0.1) is 25.2 Å². The summed E-state index contributed by atoms with van der Waals surface area (Å²) in [6.07, 6.45) is 2.64. The summed E-state index contributed by atoms with van der Waals surface area (Å²) >= 11 is 0. The fourth-order valence-electron chi connectivity index (χ4n) is 4.60. The summed E-state index contributed by atoms with van der Waals surface area (Å²) in [6.45, 7) is 9.00. The Morgan fingerprint density at radius 1 is 1.11 bits per heavy atom. The number of urea groups is 2. The van der Waals surface area contributed by atoms with Crippen molar-refractivity contribution in [2.45, 2.75) is 65.8 Å². The van der Waals surface area contributed by atoms with Crippen molar-refractivity contribution in [2.24, 2.45) is 11.3 Å². The van der Waals surface area contributed by atoms with Gasteiger partial charge in [0.25, 0.3) is 11.8 Å². The summed E-state index contributed by atoms with van der Waals surface area (Å²) in [6, 6.07) is 3.90. The topological polar surface area (TPSA) is 134 Å². The van der Waals surface area contributed by atoms with E-state index in [0.717, 1.165) is 28.9 Å². The number of hydrogen-bond acceptors (Lipinski definition) is 6. The number of carbonyl (C=O) groups is 5. The Morgan fingerprint density at radius 3 is 2.37 bits per heavy atom. The Hall–Kier alpha value is -3.43. The summed E-state index contributed by atoms with van der Waals surface area (Å²) in [4.78, 5) is 62.4. The molecule has 6 amide bonds. The minimum atomic E-state index is -0.983. The molecule has 1 aromatic carbocycles. The van der Waals surface area contributed by atoms with Crippen LogP contribution in [0.15, 0.2) is 18.2 Å². The average molecular weight is 487 g/mol. The van der Waals surface area contributed by atoms with Crippen LogP contribution in [0.3, 0.4) is 0 Å². The average Bonchev–Trinajstić information content (AvgIpc) is 2.98. The first-order valence-corrected chi connectivity index (χ1v) is 11.8. The molecule has 1 saturated carbocycles. The third-order valence-electron chi connectivity index (χ3n) is 6.98. The van der Waals surface area contributed by atoms with Gasteiger partial charge < -0.3 is 15.4 Å². The number of amides is 6. The zero-order valence-electron chi connectivity index (χ0n) is 20.9. The number of carbonyl (C=O) groups excluding carboxylic acids is 5. The molecule has 0 atom stereocenters. The van der Waals surface area contributed by atoms with Crippen molar-refractivity contribution >= 4 is 35.5 Å². The molecule has 3 N–H and O–H groups in total. The highest BCUT2D eigenvalue weighted by Crippen LogP contribution is 2.43. The Kier molecular flexibility index (Phi) is 7.52. The molecule has 0 unspecified atom stereocenters. The number of nitrogens with one attached hydrogen (secondary N) is 3. The number of benzene rings is 1. The van der Waals surface area contributed by atoms with Crippen LogP contribution in [-0.4, -0.2) is 53.4 Å². The molecule has 10 heteroatoms. The van der Waals surface area contributed by atoms with Crippen LogP contribution in [0.25, 0.3) is 0 Å². The Labute approximate surface area is 205 Å². The molecule has 1 aliphatic heterocycles. The maximum Gasteiger partial charge on any atom is 0.326 e. The predicted octanol–water partition coefficient (Wildman–Crippen LogP) is 3.02. The van der Waals surface area contributed by atoms with Gasteiger partial charge in [-0.1, -0.05) is 26.8 Å². The third-order valence-corrected chi connectivity index (χ3v) is 6.98. The molecule has 1 spiro atoms. The van der Waals surface area contributed by atoms with Gasteiger partial charge in [0.1, 0.15) is 12.1 Å². The molecule has 0 radical (unpaired) electrons. The second-order valence-electron chi connectivity index (χ2n) is 10.5. The molecular formula is C25H34N4O6. The summed E-state index contributed by atoms with van der Waals surface area (Å²) in [5.74, 6) is -1.75. The molecule has 2 aliphatic rings. The standard InChI is InChI=1S/C25H34N4O6/c1-15-6-7-18(12-16(15)2)26-22(33)27-19(30)14-35-20(31)13-29-21(32)25(28-23(29)34)10-8-17(9-11-25)24(3,4)5/h6-7,12,17H,8-11,13-14H2,1-5H3,(H,28,34)(H2,26,27,30,33). The summed E-state index contributed by atoms with van der Waals surface area (Å²) in [5, 5.41) is 7.36. The quantitative estimate of drug-likeness (QED) is 0.433. The van der Waals surface area contributed by atoms with E-state index in [4.69, 9.17) is 4.74 Å². The van der Waals surface area contributed by atoms with Gasteiger partial charge in [-0.15, -0.1) is 0 Å². The van der Waals surface area contributed by atoms with Crippen molar-refractivity contribution in [1.29, 1.82) is 0 Å². The SMILES string of the molecule is Cc1ccc(NC(=O)NC(=O)COC(=O)CN2C(=O)NC3(CCC(C(C)(C)C)CC3)C2=O)cc1C. The Bertz CT molecular complexity index is 1040. The van der Waals surface area contributed by atoms with Crippen LogP contribution >= 0.6 is 0 Å². The zero-order valence-corrected chi connectivity index (χ0v) is 20.9. The second-order valence-corrected chi connectivity index (χ2v) is 10.5. The van der Waals surface area contributed by atoms with Gasteiger partial charge in [0.05, 0.1) is 0 Å². The van der Waals surface area contributed by atoms with E-state index in [9.17, 15) is 24.0 Å². The second kappa shape index (κ2) is 10.1. The van der Waals surface area contributed by atoms with Crippen molar-refractivity contribution in [3.8, 4) is 0 Å². The van der Waals surface area contributed by atoms with Crippen molar-refractivity contribution in [3.05, 3.63) is 29.3 Å². The van der Waals surface area contributed by atoms with Crippen LogP contribution < -0.4 is 16.0 Å². The van der Waals surface area contributed by atoms with E-state index in [0.29, 0.717) is 24.4 Å². The normalized spacial score (nSPS) is 22.1. The lowest BCUT2D eigenvalue weighted by Gasteiger charge is -2.40. The predicted molar refractivity (Wildman–Crippen MR) is 128 cm³/mol. The maximum absolute atomic E-state index is 13.0. The number of esters is 1. The zero-order chi connectivity index (χ0) is 26.0. The molecule has 10 nitrogen and oxygen atoms in total. The minimum absolute atomic E-state index is 0.118. The lowest BCUT2D eigenvalue weighted by atomic mass is 9.67. The summed E-state index contributed by atoms with van der Waals surface area (Å²) < 4.78 is 4.88. The molecule has 0 aromatic heterocycles. The van der Waals surface area contributed by atoms with E-state index >= 15 is 0 Å². The molecular weight excluding hydrogens is 452 g/mol. The number of ether oxygens (including phenoxy) is 1. The number of nitrogens with zero attached hydrogens (tertiary/aromatic N) is 1. The first kappa shape index (κ1) is 26.2. The van der Waals surface area contributed by atoms with E-state index in [1.165, 1.54) is 0 Å². The highest BCUT2D eigenvalue weighted by molar-refractivity contribution is 6.09. The number of aryl methyl sites for hydroxylation is 2. The number of imide groups is 2. The van der Waals surface area contributed by atoms with E-state index in [1.807, 2.05) is 19.9 Å². The van der Waals surface area contributed by atoms with Crippen molar-refractivity contribution in [1.82, 2.24) is 15.5 Å². The van der Waals surface area contributed by atoms with Gasteiger partial charge >= 0.3 is 18.0 Å². The van der Waals surface area contributed by atoms with E-state index in [2.05, 4.69) is 36.7 Å². The van der Waals surface area contributed by atoms with Crippen molar-refractivity contribution in [3.63, 3.8) is 0 Å². The summed E-state index contributed by atoms with van der Waals surface area (Å²) in [5.41, 5.74) is 1.69. The highest BCUT2D eigenvalue weighted by atomic mass is 16.5. The Balaban J connectivity index is 1.45. The van der Waals surface area contributed by atoms with Gasteiger partial charge in [0, 0.05) is 5.69 Å². The fraction of sp³-hybridized carbons (Fsp3) is 0.560. The Morgan fingerprint density at radius 2 is 1.77 bits per heavy atom.